The summed E-state index contributed by atoms with van der Waals surface area (Å²) in [5, 5.41) is 0. The molecule has 0 nitrogen and oxygen atoms in total. The molecule has 4 aliphatic rings. The molecule has 0 radical (unpaired) electrons. The van der Waals surface area contributed by atoms with Crippen molar-refractivity contribution < 1.29 is 0 Å². The van der Waals surface area contributed by atoms with Crippen LogP contribution in [0.1, 0.15) is 73.1 Å². The first-order valence-electron chi connectivity index (χ1n) is 11.0. The quantitative estimate of drug-likeness (QED) is 0.452. The molecule has 2 saturated carbocycles. The maximum atomic E-state index is 4.51. The van der Waals surface area contributed by atoms with Crippen LogP contribution >= 0.6 is 0 Å². The lowest BCUT2D eigenvalue weighted by Gasteiger charge is -2.56. The maximum Gasteiger partial charge on any atom is 0.0102 e. The number of fused-ring (bicyclic) bond motifs is 5. The van der Waals surface area contributed by atoms with Crippen LogP contribution < -0.4 is 0 Å². The van der Waals surface area contributed by atoms with Crippen molar-refractivity contribution in [3.8, 4) is 0 Å². The summed E-state index contributed by atoms with van der Waals surface area (Å²) in [6.07, 6.45) is 12.7. The van der Waals surface area contributed by atoms with Crippen LogP contribution in [0.5, 0.6) is 0 Å². The average Bonchev–Trinajstić information content (AvgIpc) is 2.86. The standard InChI is InChI=1S/C26H38/c1-8-17(3)24-19(5)15-22-23-18(4)14-20-13-16(2)9-11-25(20,6)21(23)10-12-26(22,24)7/h10,13,18-19,22-24H,2-3,8-9,11-12,14-15H2,1,4-7H3/t18?,19-,22?,23?,24-,25-,26-/m0/s1. The van der Waals surface area contributed by atoms with Crippen LogP contribution in [0.25, 0.3) is 0 Å². The molecular formula is C26H38. The van der Waals surface area contributed by atoms with Crippen molar-refractivity contribution in [2.45, 2.75) is 73.1 Å². The van der Waals surface area contributed by atoms with E-state index in [9.17, 15) is 0 Å². The van der Waals surface area contributed by atoms with Crippen molar-refractivity contribution in [3.63, 3.8) is 0 Å². The molecule has 142 valence electrons. The summed E-state index contributed by atoms with van der Waals surface area (Å²) in [5.74, 6) is 3.87. The van der Waals surface area contributed by atoms with Gasteiger partial charge >= 0.3 is 0 Å². The molecule has 0 aliphatic heterocycles. The third-order valence-corrected chi connectivity index (χ3v) is 9.03. The summed E-state index contributed by atoms with van der Waals surface area (Å²) in [6.45, 7) is 21.2. The molecule has 0 aromatic carbocycles. The van der Waals surface area contributed by atoms with E-state index in [0.717, 1.165) is 30.1 Å². The minimum atomic E-state index is 0.308. The van der Waals surface area contributed by atoms with Crippen molar-refractivity contribution in [2.75, 3.05) is 0 Å². The average molecular weight is 351 g/mol. The van der Waals surface area contributed by atoms with E-state index in [-0.39, 0.29) is 0 Å². The first-order valence-corrected chi connectivity index (χ1v) is 11.0. The largest absolute Gasteiger partial charge is 0.0996 e. The molecule has 0 bridgehead atoms. The summed E-state index contributed by atoms with van der Waals surface area (Å²) < 4.78 is 0. The first-order chi connectivity index (χ1) is 12.2. The second-order valence-electron chi connectivity index (χ2n) is 10.5. The number of rotatable bonds is 2. The lowest BCUT2D eigenvalue weighted by atomic mass is 9.48. The molecule has 2 fully saturated rings. The van der Waals surface area contributed by atoms with Crippen LogP contribution in [0.4, 0.5) is 0 Å². The van der Waals surface area contributed by atoms with Crippen LogP contribution in [-0.4, -0.2) is 0 Å². The molecule has 26 heavy (non-hydrogen) atoms. The molecule has 4 aliphatic carbocycles. The van der Waals surface area contributed by atoms with Gasteiger partial charge < -0.3 is 0 Å². The molecule has 0 N–H and O–H groups in total. The molecule has 0 heterocycles. The zero-order chi connectivity index (χ0) is 18.9. The molecule has 0 amide bonds. The predicted octanol–water partition coefficient (Wildman–Crippen LogP) is 7.50. The summed E-state index contributed by atoms with van der Waals surface area (Å²) >= 11 is 0. The Kier molecular flexibility index (Phi) is 4.22. The van der Waals surface area contributed by atoms with E-state index in [2.05, 4.69) is 59.9 Å². The van der Waals surface area contributed by atoms with Gasteiger partial charge in [-0.2, -0.15) is 0 Å². The Morgan fingerprint density at radius 1 is 1.23 bits per heavy atom. The predicted molar refractivity (Wildman–Crippen MR) is 113 cm³/mol. The summed E-state index contributed by atoms with van der Waals surface area (Å²) in [4.78, 5) is 0. The van der Waals surface area contributed by atoms with Gasteiger partial charge in [-0.3, -0.25) is 0 Å². The van der Waals surface area contributed by atoms with Gasteiger partial charge in [0.05, 0.1) is 0 Å². The second-order valence-corrected chi connectivity index (χ2v) is 10.5. The van der Waals surface area contributed by atoms with E-state index in [1.165, 1.54) is 43.3 Å². The number of hydrogen-bond acceptors (Lipinski definition) is 0. The topological polar surface area (TPSA) is 0 Å². The van der Waals surface area contributed by atoms with Gasteiger partial charge in [0.2, 0.25) is 0 Å². The molecule has 0 aromatic heterocycles. The molecule has 7 atom stereocenters. The summed E-state index contributed by atoms with van der Waals surface area (Å²) in [6, 6.07) is 0. The van der Waals surface area contributed by atoms with E-state index >= 15 is 0 Å². The fourth-order valence-corrected chi connectivity index (χ4v) is 7.73. The van der Waals surface area contributed by atoms with Gasteiger partial charge in [0, 0.05) is 5.41 Å². The molecule has 0 saturated heterocycles. The normalized spacial score (nSPS) is 47.4. The van der Waals surface area contributed by atoms with Crippen LogP contribution in [0.3, 0.4) is 0 Å². The van der Waals surface area contributed by atoms with Crippen molar-refractivity contribution in [2.24, 2.45) is 40.4 Å². The lowest BCUT2D eigenvalue weighted by Crippen LogP contribution is -2.47. The van der Waals surface area contributed by atoms with E-state index in [0.29, 0.717) is 16.7 Å². The van der Waals surface area contributed by atoms with Gasteiger partial charge in [0.15, 0.2) is 0 Å². The lowest BCUT2D eigenvalue weighted by molar-refractivity contribution is 0.0682. The van der Waals surface area contributed by atoms with Crippen LogP contribution in [-0.2, 0) is 0 Å². The Morgan fingerprint density at radius 2 is 1.96 bits per heavy atom. The van der Waals surface area contributed by atoms with Crippen molar-refractivity contribution in [3.05, 3.63) is 47.6 Å². The van der Waals surface area contributed by atoms with Gasteiger partial charge in [-0.25, -0.2) is 0 Å². The zero-order valence-corrected chi connectivity index (χ0v) is 17.7. The molecular weight excluding hydrogens is 312 g/mol. The van der Waals surface area contributed by atoms with E-state index < -0.39 is 0 Å². The Hall–Kier alpha value is -1.04. The summed E-state index contributed by atoms with van der Waals surface area (Å²) in [5.41, 5.74) is 7.05. The Balaban J connectivity index is 1.78. The highest BCUT2D eigenvalue weighted by atomic mass is 14.6. The fourth-order valence-electron chi connectivity index (χ4n) is 7.73. The molecule has 0 heteroatoms. The van der Waals surface area contributed by atoms with Gasteiger partial charge in [-0.05, 0) is 73.5 Å². The van der Waals surface area contributed by atoms with Crippen LogP contribution in [0.2, 0.25) is 0 Å². The minimum Gasteiger partial charge on any atom is -0.0996 e. The molecule has 4 rings (SSSR count). The van der Waals surface area contributed by atoms with E-state index in [4.69, 9.17) is 0 Å². The van der Waals surface area contributed by atoms with E-state index in [1.807, 2.05) is 0 Å². The third-order valence-electron chi connectivity index (χ3n) is 9.03. The highest BCUT2D eigenvalue weighted by Crippen LogP contribution is 2.68. The first kappa shape index (κ1) is 18.3. The Labute approximate surface area is 161 Å². The highest BCUT2D eigenvalue weighted by Gasteiger charge is 2.59. The Morgan fingerprint density at radius 3 is 2.65 bits per heavy atom. The Bertz CT molecular complexity index is 704. The number of allylic oxidation sites excluding steroid dienone is 6. The van der Waals surface area contributed by atoms with Gasteiger partial charge in [-0.15, -0.1) is 0 Å². The molecule has 3 unspecified atom stereocenters. The smallest absolute Gasteiger partial charge is 0.0102 e. The highest BCUT2D eigenvalue weighted by molar-refractivity contribution is 5.43. The maximum absolute atomic E-state index is 4.51. The SMILES string of the molecule is C=C1C=C2CC(C)C3C(=CC[C@@]4(C)C3C[C@H](C)[C@@H]4C(=C)CC)[C@@]2(C)CC1. The van der Waals surface area contributed by atoms with E-state index in [1.54, 1.807) is 11.1 Å². The van der Waals surface area contributed by atoms with Gasteiger partial charge in [0.1, 0.15) is 0 Å². The zero-order valence-electron chi connectivity index (χ0n) is 17.7. The fraction of sp³-hybridized carbons (Fsp3) is 0.692. The van der Waals surface area contributed by atoms with Crippen molar-refractivity contribution in [1.82, 2.24) is 0 Å². The third kappa shape index (κ3) is 2.33. The summed E-state index contributed by atoms with van der Waals surface area (Å²) in [7, 11) is 0. The monoisotopic (exact) mass is 350 g/mol. The molecule has 0 aromatic rings. The second kappa shape index (κ2) is 5.98. The number of hydrogen-bond donors (Lipinski definition) is 0. The van der Waals surface area contributed by atoms with Gasteiger partial charge in [0.25, 0.3) is 0 Å². The minimum absolute atomic E-state index is 0.308. The van der Waals surface area contributed by atoms with Crippen molar-refractivity contribution in [1.29, 1.82) is 0 Å². The van der Waals surface area contributed by atoms with Crippen LogP contribution in [0.15, 0.2) is 47.6 Å². The van der Waals surface area contributed by atoms with Crippen LogP contribution in [0, 0.1) is 40.4 Å². The van der Waals surface area contributed by atoms with Gasteiger partial charge in [-0.1, -0.05) is 82.2 Å². The van der Waals surface area contributed by atoms with Crippen molar-refractivity contribution >= 4 is 0 Å². The molecule has 0 spiro atoms.